The quantitative estimate of drug-likeness (QED) is 0.377. The fourth-order valence-corrected chi connectivity index (χ4v) is 4.06. The Morgan fingerprint density at radius 1 is 0.882 bits per heavy atom. The molecule has 0 unspecified atom stereocenters. The van der Waals surface area contributed by atoms with Crippen molar-refractivity contribution in [3.63, 3.8) is 0 Å². The standard InChI is InChI=1S/C25H17ClF2N4O2/c26-18-5-3-6-20(12-18)32-23-22(30(15-29-23)13-16-8-10-19(27)11-9-16)24(33)31(25(32)34)14-17-4-1-2-7-21(17)28/h1-12,15H,13-14H2. The molecule has 34 heavy (non-hydrogen) atoms. The van der Waals surface area contributed by atoms with Crippen molar-refractivity contribution in [2.75, 3.05) is 0 Å². The molecule has 0 aliphatic rings. The van der Waals surface area contributed by atoms with E-state index < -0.39 is 17.1 Å². The van der Waals surface area contributed by atoms with Crippen molar-refractivity contribution in [2.24, 2.45) is 0 Å². The Morgan fingerprint density at radius 3 is 2.38 bits per heavy atom. The lowest BCUT2D eigenvalue weighted by Crippen LogP contribution is -2.40. The first-order valence-electron chi connectivity index (χ1n) is 10.4. The van der Waals surface area contributed by atoms with E-state index in [9.17, 15) is 18.4 Å². The molecule has 5 rings (SSSR count). The van der Waals surface area contributed by atoms with Crippen LogP contribution in [0.25, 0.3) is 16.9 Å². The molecule has 9 heteroatoms. The van der Waals surface area contributed by atoms with Crippen molar-refractivity contribution < 1.29 is 8.78 Å². The van der Waals surface area contributed by atoms with Crippen LogP contribution < -0.4 is 11.2 Å². The van der Waals surface area contributed by atoms with Crippen molar-refractivity contribution in [3.8, 4) is 5.69 Å². The van der Waals surface area contributed by atoms with Crippen LogP contribution in [-0.4, -0.2) is 18.7 Å². The summed E-state index contributed by atoms with van der Waals surface area (Å²) in [4.78, 5) is 31.4. The molecular formula is C25H17ClF2N4O2. The molecule has 6 nitrogen and oxygen atoms in total. The van der Waals surface area contributed by atoms with Gasteiger partial charge in [0.2, 0.25) is 0 Å². The van der Waals surface area contributed by atoms with Gasteiger partial charge in [-0.2, -0.15) is 0 Å². The lowest BCUT2D eigenvalue weighted by Gasteiger charge is -2.13. The van der Waals surface area contributed by atoms with E-state index in [2.05, 4.69) is 4.98 Å². The Labute approximate surface area is 196 Å². The summed E-state index contributed by atoms with van der Waals surface area (Å²) < 4.78 is 31.6. The second-order valence-electron chi connectivity index (χ2n) is 7.75. The third-order valence-corrected chi connectivity index (χ3v) is 5.75. The summed E-state index contributed by atoms with van der Waals surface area (Å²) in [6, 6.07) is 18.4. The number of hydrogen-bond acceptors (Lipinski definition) is 3. The predicted molar refractivity (Wildman–Crippen MR) is 126 cm³/mol. The SMILES string of the molecule is O=c1c2c(ncn2Cc2ccc(F)cc2)n(-c2cccc(Cl)c2)c(=O)n1Cc1ccccc1F. The van der Waals surface area contributed by atoms with Crippen molar-refractivity contribution in [3.05, 3.63) is 128 Å². The van der Waals surface area contributed by atoms with Gasteiger partial charge in [-0.15, -0.1) is 0 Å². The molecule has 0 spiro atoms. The maximum absolute atomic E-state index is 14.4. The number of halogens is 3. The normalized spacial score (nSPS) is 11.3. The number of aromatic nitrogens is 4. The summed E-state index contributed by atoms with van der Waals surface area (Å²) >= 11 is 6.16. The summed E-state index contributed by atoms with van der Waals surface area (Å²) in [5.74, 6) is -0.899. The lowest BCUT2D eigenvalue weighted by atomic mass is 10.2. The smallest absolute Gasteiger partial charge is 0.320 e. The van der Waals surface area contributed by atoms with Crippen LogP contribution in [0, 0.1) is 11.6 Å². The third kappa shape index (κ3) is 3.92. The van der Waals surface area contributed by atoms with E-state index in [0.717, 1.165) is 10.1 Å². The highest BCUT2D eigenvalue weighted by Crippen LogP contribution is 2.18. The Bertz CT molecular complexity index is 1640. The molecule has 0 amide bonds. The molecule has 0 N–H and O–H groups in total. The molecule has 0 fully saturated rings. The Kier molecular flexibility index (Phi) is 5.59. The van der Waals surface area contributed by atoms with Crippen LogP contribution in [-0.2, 0) is 13.1 Å². The van der Waals surface area contributed by atoms with E-state index in [4.69, 9.17) is 11.6 Å². The third-order valence-electron chi connectivity index (χ3n) is 5.52. The highest BCUT2D eigenvalue weighted by atomic mass is 35.5. The summed E-state index contributed by atoms with van der Waals surface area (Å²) in [5.41, 5.74) is 0.363. The maximum atomic E-state index is 14.4. The summed E-state index contributed by atoms with van der Waals surface area (Å²) in [6.07, 6.45) is 1.45. The molecule has 0 bridgehead atoms. The van der Waals surface area contributed by atoms with Gasteiger partial charge in [0, 0.05) is 17.1 Å². The van der Waals surface area contributed by atoms with Gasteiger partial charge in [0.1, 0.15) is 11.6 Å². The first-order chi connectivity index (χ1) is 16.4. The molecule has 5 aromatic rings. The second-order valence-corrected chi connectivity index (χ2v) is 8.19. The van der Waals surface area contributed by atoms with Gasteiger partial charge >= 0.3 is 5.69 Å². The van der Waals surface area contributed by atoms with Gasteiger partial charge in [0.25, 0.3) is 5.56 Å². The number of nitrogens with zero attached hydrogens (tertiary/aromatic N) is 4. The van der Waals surface area contributed by atoms with Crippen molar-refractivity contribution in [2.45, 2.75) is 13.1 Å². The summed E-state index contributed by atoms with van der Waals surface area (Å²) in [6.45, 7) is -0.0396. The first-order valence-corrected chi connectivity index (χ1v) is 10.7. The van der Waals surface area contributed by atoms with E-state index in [1.807, 2.05) is 0 Å². The van der Waals surface area contributed by atoms with Crippen LogP contribution in [0.4, 0.5) is 8.78 Å². The molecule has 0 aliphatic carbocycles. The number of benzene rings is 3. The molecule has 170 valence electrons. The number of fused-ring (bicyclic) bond motifs is 1. The lowest BCUT2D eigenvalue weighted by molar-refractivity contribution is 0.586. The molecule has 0 atom stereocenters. The van der Waals surface area contributed by atoms with Crippen LogP contribution in [0.15, 0.2) is 88.7 Å². The maximum Gasteiger partial charge on any atom is 0.337 e. The van der Waals surface area contributed by atoms with Gasteiger partial charge < -0.3 is 4.57 Å². The van der Waals surface area contributed by atoms with Gasteiger partial charge in [-0.3, -0.25) is 9.36 Å². The molecule has 3 aromatic carbocycles. The van der Waals surface area contributed by atoms with Crippen LogP contribution in [0.1, 0.15) is 11.1 Å². The number of hydrogen-bond donors (Lipinski definition) is 0. The van der Waals surface area contributed by atoms with Gasteiger partial charge in [-0.1, -0.05) is 48.0 Å². The zero-order valence-electron chi connectivity index (χ0n) is 17.7. The van der Waals surface area contributed by atoms with Crippen molar-refractivity contribution in [1.82, 2.24) is 18.7 Å². The predicted octanol–water partition coefficient (Wildman–Crippen LogP) is 4.38. The van der Waals surface area contributed by atoms with Gasteiger partial charge in [-0.05, 0) is 42.0 Å². The molecular weight excluding hydrogens is 462 g/mol. The minimum absolute atomic E-state index is 0.143. The zero-order chi connectivity index (χ0) is 23.8. The number of imidazole rings is 1. The van der Waals surface area contributed by atoms with Crippen LogP contribution >= 0.6 is 11.6 Å². The Morgan fingerprint density at radius 2 is 1.65 bits per heavy atom. The van der Waals surface area contributed by atoms with Crippen molar-refractivity contribution >= 4 is 22.8 Å². The zero-order valence-corrected chi connectivity index (χ0v) is 18.4. The van der Waals surface area contributed by atoms with Crippen LogP contribution in [0.2, 0.25) is 5.02 Å². The highest BCUT2D eigenvalue weighted by molar-refractivity contribution is 6.30. The average molecular weight is 479 g/mol. The molecule has 0 saturated carbocycles. The molecule has 0 radical (unpaired) electrons. The fourth-order valence-electron chi connectivity index (χ4n) is 3.87. The fraction of sp³-hybridized carbons (Fsp3) is 0.0800. The highest BCUT2D eigenvalue weighted by Gasteiger charge is 2.20. The van der Waals surface area contributed by atoms with Crippen LogP contribution in [0.3, 0.4) is 0 Å². The largest absolute Gasteiger partial charge is 0.337 e. The first kappa shape index (κ1) is 21.8. The topological polar surface area (TPSA) is 61.8 Å². The molecule has 0 aliphatic heterocycles. The van der Waals surface area contributed by atoms with Gasteiger partial charge in [0.15, 0.2) is 11.2 Å². The summed E-state index contributed by atoms with van der Waals surface area (Å²) in [5, 5.41) is 0.398. The van der Waals surface area contributed by atoms with Gasteiger partial charge in [-0.25, -0.2) is 23.1 Å². The summed E-state index contributed by atoms with van der Waals surface area (Å²) in [7, 11) is 0. The van der Waals surface area contributed by atoms with Crippen LogP contribution in [0.5, 0.6) is 0 Å². The van der Waals surface area contributed by atoms with E-state index >= 15 is 0 Å². The average Bonchev–Trinajstić information content (AvgIpc) is 3.23. The minimum Gasteiger partial charge on any atom is -0.320 e. The monoisotopic (exact) mass is 478 g/mol. The van der Waals surface area contributed by atoms with Gasteiger partial charge in [0.05, 0.1) is 18.6 Å². The Balaban J connectivity index is 1.77. The van der Waals surface area contributed by atoms with E-state index in [0.29, 0.717) is 10.7 Å². The number of rotatable bonds is 5. The van der Waals surface area contributed by atoms with E-state index in [1.54, 1.807) is 47.0 Å². The Hall–Kier alpha value is -4.04. The molecule has 2 aromatic heterocycles. The molecule has 0 saturated heterocycles. The minimum atomic E-state index is -0.671. The second kappa shape index (κ2) is 8.72. The molecule has 2 heterocycles. The van der Waals surface area contributed by atoms with E-state index in [1.165, 1.54) is 41.2 Å². The van der Waals surface area contributed by atoms with E-state index in [-0.39, 0.29) is 35.6 Å². The van der Waals surface area contributed by atoms with Crippen molar-refractivity contribution in [1.29, 1.82) is 0 Å².